The second kappa shape index (κ2) is 7.78. The quantitative estimate of drug-likeness (QED) is 0.226. The maximum Gasteiger partial charge on any atom is 0.118 e. The summed E-state index contributed by atoms with van der Waals surface area (Å²) in [7, 11) is 0. The number of hydrogen-bond acceptors (Lipinski definition) is 0. The first-order chi connectivity index (χ1) is 19.4. The van der Waals surface area contributed by atoms with E-state index in [4.69, 9.17) is 0 Å². The van der Waals surface area contributed by atoms with E-state index >= 15 is 0 Å². The third kappa shape index (κ3) is 2.78. The standard InChI is InChI=1S/C35H26N4/c1-5-14-28-24(10-1)25-11-2-6-15-29(25)38(28)34-20-18-32-33-19-21-35(37(33)23-9-22-36(32)34)39-30-16-7-3-12-26(30)27-13-4-8-17-31(27)39/h1-8,10-21H,9,22-23H2. The van der Waals surface area contributed by atoms with Crippen molar-refractivity contribution in [3.63, 3.8) is 0 Å². The van der Waals surface area contributed by atoms with Crippen LogP contribution in [-0.4, -0.2) is 18.3 Å². The first-order valence-corrected chi connectivity index (χ1v) is 13.7. The molecule has 0 radical (unpaired) electrons. The lowest BCUT2D eigenvalue weighted by molar-refractivity contribution is 0.587. The average Bonchev–Trinajstić information content (AvgIpc) is 3.72. The van der Waals surface area contributed by atoms with Crippen molar-refractivity contribution in [1.29, 1.82) is 0 Å². The van der Waals surface area contributed by atoms with Gasteiger partial charge in [-0.05, 0) is 55.0 Å². The van der Waals surface area contributed by atoms with Gasteiger partial charge in [0, 0.05) is 34.6 Å². The highest BCUT2D eigenvalue weighted by molar-refractivity contribution is 6.10. The summed E-state index contributed by atoms with van der Waals surface area (Å²) in [6.07, 6.45) is 1.07. The number of para-hydroxylation sites is 4. The molecule has 0 unspecified atom stereocenters. The van der Waals surface area contributed by atoms with E-state index in [1.165, 1.54) is 66.6 Å². The van der Waals surface area contributed by atoms with Crippen LogP contribution in [0.4, 0.5) is 0 Å². The molecule has 0 bridgehead atoms. The molecule has 0 atom stereocenters. The Kier molecular flexibility index (Phi) is 4.19. The molecule has 0 fully saturated rings. The Balaban J connectivity index is 1.28. The van der Waals surface area contributed by atoms with Crippen molar-refractivity contribution in [2.45, 2.75) is 19.5 Å². The van der Waals surface area contributed by atoms with Crippen LogP contribution < -0.4 is 0 Å². The summed E-state index contributed by atoms with van der Waals surface area (Å²) < 4.78 is 9.93. The fourth-order valence-corrected chi connectivity index (χ4v) is 6.95. The minimum atomic E-state index is 0.979. The first kappa shape index (κ1) is 21.0. The molecule has 8 aromatic rings. The van der Waals surface area contributed by atoms with Crippen LogP contribution in [0.15, 0.2) is 121 Å². The molecular formula is C35H26N4. The molecule has 1 aliphatic rings. The predicted octanol–water partition coefficient (Wildman–Crippen LogP) is 8.55. The molecule has 4 heteroatoms. The summed E-state index contributed by atoms with van der Waals surface area (Å²) in [5, 5.41) is 5.20. The smallest absolute Gasteiger partial charge is 0.118 e. The van der Waals surface area contributed by atoms with Gasteiger partial charge in [0.1, 0.15) is 11.6 Å². The third-order valence-corrected chi connectivity index (χ3v) is 8.56. The molecule has 4 aromatic carbocycles. The summed E-state index contributed by atoms with van der Waals surface area (Å²) in [5.41, 5.74) is 7.57. The van der Waals surface area contributed by atoms with Gasteiger partial charge < -0.3 is 9.13 Å². The van der Waals surface area contributed by atoms with E-state index < -0.39 is 0 Å². The van der Waals surface area contributed by atoms with Gasteiger partial charge in [0.15, 0.2) is 0 Å². The lowest BCUT2D eigenvalue weighted by atomic mass is 10.2. The van der Waals surface area contributed by atoms with Crippen molar-refractivity contribution in [2.24, 2.45) is 0 Å². The van der Waals surface area contributed by atoms with Crippen LogP contribution in [0.1, 0.15) is 6.42 Å². The van der Waals surface area contributed by atoms with Crippen molar-refractivity contribution in [1.82, 2.24) is 18.3 Å². The second-order valence-corrected chi connectivity index (χ2v) is 10.5. The molecule has 0 saturated heterocycles. The van der Waals surface area contributed by atoms with Gasteiger partial charge in [0.25, 0.3) is 0 Å². The topological polar surface area (TPSA) is 19.7 Å². The molecular weight excluding hydrogens is 476 g/mol. The molecule has 1 aliphatic heterocycles. The molecule has 4 nitrogen and oxygen atoms in total. The van der Waals surface area contributed by atoms with Crippen molar-refractivity contribution in [3.05, 3.63) is 121 Å². The van der Waals surface area contributed by atoms with E-state index in [0.717, 1.165) is 19.5 Å². The maximum atomic E-state index is 2.52. The zero-order valence-corrected chi connectivity index (χ0v) is 21.5. The Morgan fingerprint density at radius 3 is 1.05 bits per heavy atom. The molecule has 186 valence electrons. The Morgan fingerprint density at radius 1 is 0.359 bits per heavy atom. The lowest BCUT2D eigenvalue weighted by Gasteiger charge is -2.14. The number of rotatable bonds is 2. The zero-order chi connectivity index (χ0) is 25.5. The van der Waals surface area contributed by atoms with Crippen molar-refractivity contribution < 1.29 is 0 Å². The highest BCUT2D eigenvalue weighted by Gasteiger charge is 2.23. The molecule has 5 heterocycles. The molecule has 0 N–H and O–H groups in total. The zero-order valence-electron chi connectivity index (χ0n) is 21.5. The van der Waals surface area contributed by atoms with E-state index in [9.17, 15) is 0 Å². The second-order valence-electron chi connectivity index (χ2n) is 10.5. The summed E-state index contributed by atoms with van der Waals surface area (Å²) in [4.78, 5) is 0. The predicted molar refractivity (Wildman–Crippen MR) is 161 cm³/mol. The number of fused-ring (bicyclic) bond motifs is 9. The maximum absolute atomic E-state index is 2.52. The van der Waals surface area contributed by atoms with Crippen LogP contribution in [0.3, 0.4) is 0 Å². The largest absolute Gasteiger partial charge is 0.326 e. The van der Waals surface area contributed by atoms with Gasteiger partial charge in [0.05, 0.1) is 33.5 Å². The van der Waals surface area contributed by atoms with Gasteiger partial charge in [-0.2, -0.15) is 0 Å². The molecule has 0 amide bonds. The number of aromatic nitrogens is 4. The minimum Gasteiger partial charge on any atom is -0.326 e. The Labute approximate surface area is 225 Å². The Bertz CT molecular complexity index is 1950. The van der Waals surface area contributed by atoms with E-state index in [-0.39, 0.29) is 0 Å². The SMILES string of the molecule is c1ccc2c(c1)c1ccccc1n2-c1ccc2n1CCCn1c-2ccc1-n1c2ccccc2c2ccccc21. The average molecular weight is 503 g/mol. The van der Waals surface area contributed by atoms with Crippen LogP contribution in [0.25, 0.3) is 66.6 Å². The lowest BCUT2D eigenvalue weighted by Crippen LogP contribution is -2.07. The van der Waals surface area contributed by atoms with Crippen LogP contribution in [-0.2, 0) is 13.1 Å². The number of nitrogens with zero attached hydrogens (tertiary/aromatic N) is 4. The molecule has 0 aliphatic carbocycles. The van der Waals surface area contributed by atoms with Crippen LogP contribution in [0.2, 0.25) is 0 Å². The Hall–Kier alpha value is -4.96. The van der Waals surface area contributed by atoms with E-state index in [2.05, 4.69) is 140 Å². The van der Waals surface area contributed by atoms with E-state index in [0.29, 0.717) is 0 Å². The van der Waals surface area contributed by atoms with Crippen molar-refractivity contribution in [3.8, 4) is 23.0 Å². The summed E-state index contributed by atoms with van der Waals surface area (Å²) in [6, 6.07) is 44.3. The fourth-order valence-electron chi connectivity index (χ4n) is 6.95. The highest BCUT2D eigenvalue weighted by Crippen LogP contribution is 2.38. The molecule has 0 spiro atoms. The van der Waals surface area contributed by atoms with Crippen molar-refractivity contribution >= 4 is 43.6 Å². The number of hydrogen-bond donors (Lipinski definition) is 0. The number of benzene rings is 4. The van der Waals surface area contributed by atoms with Gasteiger partial charge in [-0.25, -0.2) is 0 Å². The Morgan fingerprint density at radius 2 is 0.692 bits per heavy atom. The monoisotopic (exact) mass is 502 g/mol. The van der Waals surface area contributed by atoms with Gasteiger partial charge in [-0.3, -0.25) is 9.13 Å². The summed E-state index contributed by atoms with van der Waals surface area (Å²) >= 11 is 0. The van der Waals surface area contributed by atoms with Gasteiger partial charge >= 0.3 is 0 Å². The van der Waals surface area contributed by atoms with Crippen LogP contribution in [0, 0.1) is 0 Å². The fraction of sp³-hybridized carbons (Fsp3) is 0.0857. The van der Waals surface area contributed by atoms with Crippen LogP contribution >= 0.6 is 0 Å². The van der Waals surface area contributed by atoms with Gasteiger partial charge in [-0.15, -0.1) is 0 Å². The molecule has 0 saturated carbocycles. The minimum absolute atomic E-state index is 0.979. The van der Waals surface area contributed by atoms with E-state index in [1.807, 2.05) is 0 Å². The molecule has 39 heavy (non-hydrogen) atoms. The van der Waals surface area contributed by atoms with Crippen molar-refractivity contribution in [2.75, 3.05) is 0 Å². The van der Waals surface area contributed by atoms with Crippen LogP contribution in [0.5, 0.6) is 0 Å². The highest BCUT2D eigenvalue weighted by atomic mass is 15.2. The van der Waals surface area contributed by atoms with Gasteiger partial charge in [0.2, 0.25) is 0 Å². The summed E-state index contributed by atoms with van der Waals surface area (Å²) in [6.45, 7) is 1.96. The summed E-state index contributed by atoms with van der Waals surface area (Å²) in [5.74, 6) is 2.46. The normalized spacial score (nSPS) is 13.3. The third-order valence-electron chi connectivity index (χ3n) is 8.56. The first-order valence-electron chi connectivity index (χ1n) is 13.7. The van der Waals surface area contributed by atoms with Gasteiger partial charge in [-0.1, -0.05) is 72.8 Å². The molecule has 4 aromatic heterocycles. The van der Waals surface area contributed by atoms with E-state index in [1.54, 1.807) is 0 Å². The molecule has 9 rings (SSSR count).